The monoisotopic (exact) mass is 377 g/mol. The van der Waals surface area contributed by atoms with Crippen molar-refractivity contribution >= 4 is 35.6 Å². The fraction of sp³-hybridized carbons (Fsp3) is 0.412. The molecule has 1 aliphatic heterocycles. The second-order valence-electron chi connectivity index (χ2n) is 6.34. The van der Waals surface area contributed by atoms with Crippen molar-refractivity contribution in [1.82, 2.24) is 15.8 Å². The van der Waals surface area contributed by atoms with Gasteiger partial charge in [0, 0.05) is 4.90 Å². The third-order valence-corrected chi connectivity index (χ3v) is 5.66. The van der Waals surface area contributed by atoms with Gasteiger partial charge in [-0.05, 0) is 25.0 Å². The summed E-state index contributed by atoms with van der Waals surface area (Å²) in [6.45, 7) is 0. The average Bonchev–Trinajstić information content (AvgIpc) is 2.85. The highest BCUT2D eigenvalue weighted by atomic mass is 32.2. The van der Waals surface area contributed by atoms with Gasteiger partial charge in [0.2, 0.25) is 5.91 Å². The van der Waals surface area contributed by atoms with E-state index >= 15 is 0 Å². The van der Waals surface area contributed by atoms with Gasteiger partial charge >= 0.3 is 12.0 Å². The maximum absolute atomic E-state index is 12.6. The maximum atomic E-state index is 12.6. The lowest BCUT2D eigenvalue weighted by Crippen LogP contribution is -2.51. The number of thioether (sulfide) groups is 1. The molecular formula is C17H19N3O5S. The second kappa shape index (κ2) is 7.36. The Balaban J connectivity index is 1.61. The van der Waals surface area contributed by atoms with Crippen molar-refractivity contribution in [3.05, 3.63) is 29.8 Å². The maximum Gasteiger partial charge on any atom is 0.344 e. The number of carbonyl (C=O) groups is 4. The molecule has 26 heavy (non-hydrogen) atoms. The summed E-state index contributed by atoms with van der Waals surface area (Å²) in [5, 5.41) is 12.6. The van der Waals surface area contributed by atoms with Crippen molar-refractivity contribution in [3.8, 4) is 0 Å². The minimum absolute atomic E-state index is 0.0986. The lowest BCUT2D eigenvalue weighted by atomic mass is 9.82. The molecule has 1 aromatic rings. The molecule has 0 aromatic heterocycles. The van der Waals surface area contributed by atoms with Gasteiger partial charge in [0.1, 0.15) is 5.54 Å². The summed E-state index contributed by atoms with van der Waals surface area (Å²) in [5.41, 5.74) is 1.53. The first-order chi connectivity index (χ1) is 12.4. The number of aromatic carboxylic acids is 1. The van der Waals surface area contributed by atoms with Crippen LogP contribution in [-0.4, -0.2) is 45.2 Å². The van der Waals surface area contributed by atoms with Gasteiger partial charge in [0.25, 0.3) is 5.91 Å². The van der Waals surface area contributed by atoms with E-state index in [2.05, 4.69) is 10.7 Å². The van der Waals surface area contributed by atoms with E-state index in [9.17, 15) is 19.2 Å². The summed E-state index contributed by atoms with van der Waals surface area (Å²) < 4.78 is 0. The number of rotatable bonds is 5. The van der Waals surface area contributed by atoms with Crippen LogP contribution in [0.1, 0.15) is 42.5 Å². The zero-order valence-electron chi connectivity index (χ0n) is 14.0. The van der Waals surface area contributed by atoms with Crippen LogP contribution in [0.4, 0.5) is 4.79 Å². The van der Waals surface area contributed by atoms with Gasteiger partial charge in [-0.15, -0.1) is 11.8 Å². The van der Waals surface area contributed by atoms with Crippen molar-refractivity contribution in [1.29, 1.82) is 0 Å². The molecule has 0 unspecified atom stereocenters. The van der Waals surface area contributed by atoms with Gasteiger partial charge in [-0.3, -0.25) is 15.0 Å². The van der Waals surface area contributed by atoms with Crippen LogP contribution in [0.25, 0.3) is 0 Å². The van der Waals surface area contributed by atoms with Crippen molar-refractivity contribution < 1.29 is 24.3 Å². The van der Waals surface area contributed by atoms with Crippen LogP contribution < -0.4 is 10.7 Å². The number of imide groups is 1. The first-order valence-corrected chi connectivity index (χ1v) is 9.33. The molecule has 0 bridgehead atoms. The lowest BCUT2D eigenvalue weighted by molar-refractivity contribution is -0.139. The molecule has 1 saturated heterocycles. The Labute approximate surface area is 154 Å². The van der Waals surface area contributed by atoms with Gasteiger partial charge in [0.15, 0.2) is 0 Å². The predicted molar refractivity (Wildman–Crippen MR) is 93.5 cm³/mol. The van der Waals surface area contributed by atoms with Gasteiger partial charge in [-0.25, -0.2) is 9.59 Å². The van der Waals surface area contributed by atoms with Gasteiger partial charge in [-0.2, -0.15) is 5.01 Å². The van der Waals surface area contributed by atoms with Crippen molar-refractivity contribution in [3.63, 3.8) is 0 Å². The molecule has 9 heteroatoms. The Morgan fingerprint density at radius 3 is 2.58 bits per heavy atom. The number of amides is 4. The Hall–Kier alpha value is -2.55. The highest BCUT2D eigenvalue weighted by Crippen LogP contribution is 2.33. The third-order valence-electron chi connectivity index (χ3n) is 4.58. The lowest BCUT2D eigenvalue weighted by Gasteiger charge is -2.30. The highest BCUT2D eigenvalue weighted by molar-refractivity contribution is 8.00. The number of hydrogen-bond acceptors (Lipinski definition) is 5. The fourth-order valence-electron chi connectivity index (χ4n) is 3.29. The largest absolute Gasteiger partial charge is 0.478 e. The number of carboxylic acids is 1. The molecule has 1 spiro atoms. The highest BCUT2D eigenvalue weighted by Gasteiger charge is 2.52. The van der Waals surface area contributed by atoms with E-state index in [0.29, 0.717) is 17.7 Å². The molecule has 1 aliphatic carbocycles. The smallest absolute Gasteiger partial charge is 0.344 e. The van der Waals surface area contributed by atoms with Crippen LogP contribution >= 0.6 is 11.8 Å². The number of carboxylic acid groups (broad SMARTS) is 1. The quantitative estimate of drug-likeness (QED) is 0.532. The van der Waals surface area contributed by atoms with E-state index < -0.39 is 29.4 Å². The van der Waals surface area contributed by atoms with E-state index in [4.69, 9.17) is 5.11 Å². The van der Waals surface area contributed by atoms with Gasteiger partial charge in [-0.1, -0.05) is 31.4 Å². The minimum atomic E-state index is -1.08. The number of benzene rings is 1. The number of nitrogens with one attached hydrogen (secondary N) is 2. The Bertz CT molecular complexity index is 761. The van der Waals surface area contributed by atoms with E-state index in [1.54, 1.807) is 18.2 Å². The van der Waals surface area contributed by atoms with Crippen LogP contribution in [0.3, 0.4) is 0 Å². The Morgan fingerprint density at radius 2 is 1.88 bits per heavy atom. The number of urea groups is 1. The van der Waals surface area contributed by atoms with Gasteiger partial charge in [0.05, 0.1) is 11.3 Å². The standard InChI is InChI=1S/C17H19N3O5S/c21-13(10-26-12-7-3-2-6-11(12)14(22)23)19-20-15(24)17(18-16(20)25)8-4-1-5-9-17/h2-3,6-7H,1,4-5,8-10H2,(H,18,25)(H,19,21)(H,22,23). The molecule has 138 valence electrons. The Kier molecular flexibility index (Phi) is 5.17. The first kappa shape index (κ1) is 18.2. The van der Waals surface area contributed by atoms with Crippen LogP contribution in [0.2, 0.25) is 0 Å². The summed E-state index contributed by atoms with van der Waals surface area (Å²) >= 11 is 1.03. The molecule has 3 rings (SSSR count). The molecule has 3 N–H and O–H groups in total. The first-order valence-electron chi connectivity index (χ1n) is 8.34. The molecule has 4 amide bonds. The molecule has 8 nitrogen and oxygen atoms in total. The molecule has 0 atom stereocenters. The van der Waals surface area contributed by atoms with Crippen LogP contribution in [-0.2, 0) is 9.59 Å². The SMILES string of the molecule is O=C(CSc1ccccc1C(=O)O)NN1C(=O)NC2(CCCCC2)C1=O. The minimum Gasteiger partial charge on any atom is -0.478 e. The second-order valence-corrected chi connectivity index (χ2v) is 7.36. The molecular weight excluding hydrogens is 358 g/mol. The van der Waals surface area contributed by atoms with E-state index in [1.807, 2.05) is 0 Å². The van der Waals surface area contributed by atoms with Crippen molar-refractivity contribution in [2.45, 2.75) is 42.5 Å². The zero-order valence-corrected chi connectivity index (χ0v) is 14.8. The zero-order chi connectivity index (χ0) is 18.7. The Morgan fingerprint density at radius 1 is 1.19 bits per heavy atom. The van der Waals surface area contributed by atoms with E-state index in [-0.39, 0.29) is 11.3 Å². The summed E-state index contributed by atoms with van der Waals surface area (Å²) in [5.74, 6) is -2.17. The van der Waals surface area contributed by atoms with Crippen LogP contribution in [0.15, 0.2) is 29.2 Å². The fourth-order valence-corrected chi connectivity index (χ4v) is 4.12. The van der Waals surface area contributed by atoms with Gasteiger partial charge < -0.3 is 10.4 Å². The summed E-state index contributed by atoms with van der Waals surface area (Å²) in [4.78, 5) is 48.5. The van der Waals surface area contributed by atoms with Crippen molar-refractivity contribution in [2.24, 2.45) is 0 Å². The third kappa shape index (κ3) is 3.52. The summed E-state index contributed by atoms with van der Waals surface area (Å²) in [6.07, 6.45) is 3.89. The summed E-state index contributed by atoms with van der Waals surface area (Å²) in [7, 11) is 0. The molecule has 1 heterocycles. The molecule has 2 aliphatic rings. The molecule has 1 aromatic carbocycles. The van der Waals surface area contributed by atoms with Crippen LogP contribution in [0.5, 0.6) is 0 Å². The number of hydrogen-bond donors (Lipinski definition) is 3. The van der Waals surface area contributed by atoms with E-state index in [1.165, 1.54) is 6.07 Å². The predicted octanol–water partition coefficient (Wildman–Crippen LogP) is 1.76. The topological polar surface area (TPSA) is 116 Å². The van der Waals surface area contributed by atoms with Crippen molar-refractivity contribution in [2.75, 3.05) is 5.75 Å². The normalized spacial score (nSPS) is 18.7. The van der Waals surface area contributed by atoms with Crippen LogP contribution in [0, 0.1) is 0 Å². The molecule has 2 fully saturated rings. The number of carbonyl (C=O) groups excluding carboxylic acids is 3. The summed E-state index contributed by atoms with van der Waals surface area (Å²) in [6, 6.07) is 5.71. The number of hydrazine groups is 1. The number of nitrogens with zero attached hydrogens (tertiary/aromatic N) is 1. The van der Waals surface area contributed by atoms with E-state index in [0.717, 1.165) is 36.0 Å². The average molecular weight is 377 g/mol. The molecule has 1 saturated carbocycles. The molecule has 0 radical (unpaired) electrons.